The Balaban J connectivity index is 2.05. The summed E-state index contributed by atoms with van der Waals surface area (Å²) in [5.41, 5.74) is 1.83. The molecule has 0 saturated heterocycles. The van der Waals surface area contributed by atoms with Gasteiger partial charge in [0.1, 0.15) is 18.0 Å². The average molecular weight is 496 g/mol. The standard InChI is InChI=1S/C23H21ClF3N3O4/c1-11(2)19-13(5-4-6-16(19)33-3)20-14-9-12(24)7-8-15(14)30-21(17(34-20)10-18(31)32)28-29-22(30)23(25,26)27/h4-9,11,17,20H,10H2,1-3H3,(H,31,32)/t17-,20-/m1/s1. The lowest BCUT2D eigenvalue weighted by Gasteiger charge is -2.26. The third-order valence-electron chi connectivity index (χ3n) is 5.58. The third kappa shape index (κ3) is 4.23. The second-order valence-electron chi connectivity index (χ2n) is 8.14. The van der Waals surface area contributed by atoms with E-state index in [2.05, 4.69) is 10.2 Å². The minimum absolute atomic E-state index is 0.0389. The highest BCUT2D eigenvalue weighted by Crippen LogP contribution is 2.46. The van der Waals surface area contributed by atoms with Crippen LogP contribution in [-0.2, 0) is 15.7 Å². The van der Waals surface area contributed by atoms with E-state index in [4.69, 9.17) is 21.1 Å². The number of nitrogens with zero attached hydrogens (tertiary/aromatic N) is 3. The van der Waals surface area contributed by atoms with Crippen LogP contribution in [0, 0.1) is 0 Å². The Kier molecular flexibility index (Phi) is 6.30. The van der Waals surface area contributed by atoms with Crippen molar-refractivity contribution in [2.45, 2.75) is 44.6 Å². The molecular formula is C23H21ClF3N3O4. The molecule has 2 heterocycles. The second kappa shape index (κ2) is 8.92. The number of aliphatic carboxylic acids is 1. The molecule has 0 bridgehead atoms. The average Bonchev–Trinajstić information content (AvgIpc) is 3.16. The van der Waals surface area contributed by atoms with Gasteiger partial charge in [-0.3, -0.25) is 9.36 Å². The zero-order chi connectivity index (χ0) is 24.8. The van der Waals surface area contributed by atoms with Crippen molar-refractivity contribution in [2.75, 3.05) is 7.11 Å². The molecule has 0 spiro atoms. The van der Waals surface area contributed by atoms with Gasteiger partial charge >= 0.3 is 12.1 Å². The van der Waals surface area contributed by atoms with Crippen LogP contribution in [0.5, 0.6) is 5.75 Å². The van der Waals surface area contributed by atoms with Crippen molar-refractivity contribution in [3.05, 3.63) is 69.8 Å². The monoisotopic (exact) mass is 495 g/mol. The van der Waals surface area contributed by atoms with Crippen molar-refractivity contribution in [3.8, 4) is 11.4 Å². The molecule has 7 nitrogen and oxygen atoms in total. The van der Waals surface area contributed by atoms with Crippen LogP contribution in [0.1, 0.15) is 66.7 Å². The van der Waals surface area contributed by atoms with Crippen molar-refractivity contribution < 1.29 is 32.5 Å². The first-order valence-electron chi connectivity index (χ1n) is 10.4. The molecule has 1 N–H and O–H groups in total. The first-order valence-corrected chi connectivity index (χ1v) is 10.8. The number of ether oxygens (including phenoxy) is 2. The van der Waals surface area contributed by atoms with Crippen LogP contribution in [0.15, 0.2) is 36.4 Å². The Hall–Kier alpha value is -3.11. The second-order valence-corrected chi connectivity index (χ2v) is 8.58. The summed E-state index contributed by atoms with van der Waals surface area (Å²) in [6.07, 6.45) is -7.72. The summed E-state index contributed by atoms with van der Waals surface area (Å²) in [4.78, 5) is 11.6. The molecule has 34 heavy (non-hydrogen) atoms. The number of rotatable bonds is 5. The molecule has 0 radical (unpaired) electrons. The van der Waals surface area contributed by atoms with Crippen LogP contribution >= 0.6 is 11.6 Å². The summed E-state index contributed by atoms with van der Waals surface area (Å²) in [6, 6.07) is 9.69. The summed E-state index contributed by atoms with van der Waals surface area (Å²) in [5, 5.41) is 16.8. The number of alkyl halides is 3. The first kappa shape index (κ1) is 24.0. The van der Waals surface area contributed by atoms with Gasteiger partial charge in [-0.1, -0.05) is 37.6 Å². The highest BCUT2D eigenvalue weighted by atomic mass is 35.5. The smallest absolute Gasteiger partial charge is 0.452 e. The number of carboxylic acids is 1. The molecule has 0 fully saturated rings. The number of carbonyl (C=O) groups is 1. The van der Waals surface area contributed by atoms with Gasteiger partial charge in [0.25, 0.3) is 0 Å². The van der Waals surface area contributed by atoms with E-state index in [-0.39, 0.29) is 22.5 Å². The minimum atomic E-state index is -4.84. The molecule has 1 aromatic heterocycles. The number of hydrogen-bond donors (Lipinski definition) is 1. The zero-order valence-corrected chi connectivity index (χ0v) is 19.2. The van der Waals surface area contributed by atoms with Gasteiger partial charge in [0.15, 0.2) is 5.82 Å². The largest absolute Gasteiger partial charge is 0.496 e. The molecule has 1 aliphatic rings. The van der Waals surface area contributed by atoms with Crippen molar-refractivity contribution in [3.63, 3.8) is 0 Å². The molecule has 2 atom stereocenters. The van der Waals surface area contributed by atoms with Crippen molar-refractivity contribution in [1.82, 2.24) is 14.8 Å². The summed E-state index contributed by atoms with van der Waals surface area (Å²) < 4.78 is 54.2. The maximum Gasteiger partial charge on any atom is 0.452 e. The van der Waals surface area contributed by atoms with E-state index in [1.165, 1.54) is 25.3 Å². The molecule has 0 unspecified atom stereocenters. The number of benzene rings is 2. The Morgan fingerprint density at radius 1 is 1.24 bits per heavy atom. The molecular weight excluding hydrogens is 475 g/mol. The summed E-state index contributed by atoms with van der Waals surface area (Å²) in [6.45, 7) is 3.89. The van der Waals surface area contributed by atoms with Gasteiger partial charge in [-0.15, -0.1) is 10.2 Å². The lowest BCUT2D eigenvalue weighted by molar-refractivity contribution is -0.146. The Morgan fingerprint density at radius 3 is 2.59 bits per heavy atom. The number of fused-ring (bicyclic) bond motifs is 3. The van der Waals surface area contributed by atoms with E-state index in [1.54, 1.807) is 18.2 Å². The summed E-state index contributed by atoms with van der Waals surface area (Å²) >= 11 is 6.26. The highest BCUT2D eigenvalue weighted by Gasteiger charge is 2.43. The molecule has 11 heteroatoms. The lowest BCUT2D eigenvalue weighted by Crippen LogP contribution is -2.17. The van der Waals surface area contributed by atoms with E-state index in [9.17, 15) is 23.1 Å². The number of carboxylic acid groups (broad SMARTS) is 1. The summed E-state index contributed by atoms with van der Waals surface area (Å²) in [7, 11) is 1.52. The van der Waals surface area contributed by atoms with E-state index in [1.807, 2.05) is 13.8 Å². The van der Waals surface area contributed by atoms with Gasteiger partial charge in [-0.2, -0.15) is 13.2 Å². The minimum Gasteiger partial charge on any atom is -0.496 e. The maximum absolute atomic E-state index is 13.9. The molecule has 0 saturated carbocycles. The first-order chi connectivity index (χ1) is 16.0. The number of halogens is 4. The van der Waals surface area contributed by atoms with Gasteiger partial charge in [-0.05, 0) is 35.7 Å². The van der Waals surface area contributed by atoms with Crippen molar-refractivity contribution in [2.24, 2.45) is 0 Å². The van der Waals surface area contributed by atoms with Gasteiger partial charge in [0, 0.05) is 16.1 Å². The van der Waals surface area contributed by atoms with E-state index >= 15 is 0 Å². The van der Waals surface area contributed by atoms with Crippen LogP contribution in [0.4, 0.5) is 13.2 Å². The van der Waals surface area contributed by atoms with E-state index in [0.717, 1.165) is 10.1 Å². The Morgan fingerprint density at radius 2 is 1.97 bits per heavy atom. The quantitative estimate of drug-likeness (QED) is 0.488. The van der Waals surface area contributed by atoms with Crippen molar-refractivity contribution in [1.29, 1.82) is 0 Å². The van der Waals surface area contributed by atoms with E-state index in [0.29, 0.717) is 16.9 Å². The number of methoxy groups -OCH3 is 1. The fourth-order valence-corrected chi connectivity index (χ4v) is 4.47. The lowest BCUT2D eigenvalue weighted by atomic mass is 9.89. The number of hydrogen-bond acceptors (Lipinski definition) is 5. The molecule has 0 amide bonds. The topological polar surface area (TPSA) is 86.5 Å². The van der Waals surface area contributed by atoms with Gasteiger partial charge in [0.2, 0.25) is 5.82 Å². The van der Waals surface area contributed by atoms with Gasteiger partial charge in [0.05, 0.1) is 19.2 Å². The maximum atomic E-state index is 13.9. The molecule has 2 aromatic carbocycles. The fourth-order valence-electron chi connectivity index (χ4n) is 4.29. The normalized spacial score (nSPS) is 17.8. The summed E-state index contributed by atoms with van der Waals surface area (Å²) in [5.74, 6) is -2.25. The predicted molar refractivity (Wildman–Crippen MR) is 116 cm³/mol. The molecule has 0 aliphatic carbocycles. The van der Waals surface area contributed by atoms with Crippen LogP contribution in [0.2, 0.25) is 5.02 Å². The Bertz CT molecular complexity index is 1240. The van der Waals surface area contributed by atoms with Gasteiger partial charge in [-0.25, -0.2) is 0 Å². The van der Waals surface area contributed by atoms with Crippen molar-refractivity contribution >= 4 is 17.6 Å². The third-order valence-corrected chi connectivity index (χ3v) is 5.82. The molecule has 4 rings (SSSR count). The number of aromatic nitrogens is 3. The van der Waals surface area contributed by atoms with Crippen LogP contribution in [0.25, 0.3) is 5.69 Å². The van der Waals surface area contributed by atoms with Gasteiger partial charge < -0.3 is 14.6 Å². The van der Waals surface area contributed by atoms with Crippen LogP contribution < -0.4 is 4.74 Å². The predicted octanol–water partition coefficient (Wildman–Crippen LogP) is 5.71. The molecule has 180 valence electrons. The van der Waals surface area contributed by atoms with Crippen LogP contribution in [-0.4, -0.2) is 33.0 Å². The fraction of sp³-hybridized carbons (Fsp3) is 0.348. The molecule has 1 aliphatic heterocycles. The van der Waals surface area contributed by atoms with Crippen LogP contribution in [0.3, 0.4) is 0 Å². The zero-order valence-electron chi connectivity index (χ0n) is 18.4. The Labute approximate surface area is 198 Å². The molecule has 3 aromatic rings. The SMILES string of the molecule is COc1cccc([C@H]2O[C@H](CC(=O)O)c3nnc(C(F)(F)F)n3-c3ccc(Cl)cc32)c1C(C)C. The highest BCUT2D eigenvalue weighted by molar-refractivity contribution is 6.30. The van der Waals surface area contributed by atoms with E-state index < -0.39 is 36.6 Å².